The van der Waals surface area contributed by atoms with Crippen LogP contribution in [0.5, 0.6) is 0 Å². The van der Waals surface area contributed by atoms with E-state index < -0.39 is 0 Å². The van der Waals surface area contributed by atoms with E-state index >= 15 is 0 Å². The number of hydrogen-bond donors (Lipinski definition) is 3. The smallest absolute Gasteiger partial charge is 0.230 e. The van der Waals surface area contributed by atoms with Crippen LogP contribution >= 0.6 is 0 Å². The molecule has 0 saturated heterocycles. The largest absolute Gasteiger partial charge is 0.399 e. The molecule has 0 spiro atoms. The molecule has 0 bridgehead atoms. The third kappa shape index (κ3) is 2.77. The summed E-state index contributed by atoms with van der Waals surface area (Å²) in [5.74, 6) is 0.336. The van der Waals surface area contributed by atoms with Crippen LogP contribution in [0.4, 0.5) is 5.69 Å². The molecule has 114 valence electrons. The Hall–Kier alpha value is -1.55. The highest BCUT2D eigenvalue weighted by Gasteiger charge is 2.51. The van der Waals surface area contributed by atoms with E-state index in [1.807, 2.05) is 24.3 Å². The highest BCUT2D eigenvalue weighted by molar-refractivity contribution is 5.91. The van der Waals surface area contributed by atoms with Crippen molar-refractivity contribution < 1.29 is 9.90 Å². The van der Waals surface area contributed by atoms with Crippen molar-refractivity contribution in [2.24, 2.45) is 5.92 Å². The van der Waals surface area contributed by atoms with Crippen molar-refractivity contribution >= 4 is 11.6 Å². The summed E-state index contributed by atoms with van der Waals surface area (Å²) in [7, 11) is 0. The summed E-state index contributed by atoms with van der Waals surface area (Å²) in [4.78, 5) is 12.7. The third-order valence-electron chi connectivity index (χ3n) is 5.11. The minimum Gasteiger partial charge on any atom is -0.399 e. The fourth-order valence-electron chi connectivity index (χ4n) is 3.50. The molecule has 2 aliphatic rings. The Morgan fingerprint density at radius 1 is 1.24 bits per heavy atom. The summed E-state index contributed by atoms with van der Waals surface area (Å²) in [5.41, 5.74) is 7.15. The van der Waals surface area contributed by atoms with Crippen LogP contribution in [0.2, 0.25) is 0 Å². The van der Waals surface area contributed by atoms with Crippen molar-refractivity contribution in [3.05, 3.63) is 29.8 Å². The monoisotopic (exact) mass is 288 g/mol. The lowest BCUT2D eigenvalue weighted by atomic mass is 9.84. The van der Waals surface area contributed by atoms with Gasteiger partial charge >= 0.3 is 0 Å². The maximum Gasteiger partial charge on any atom is 0.230 e. The number of amides is 1. The number of hydrogen-bond acceptors (Lipinski definition) is 3. The number of nitrogen functional groups attached to an aromatic ring is 1. The number of nitrogens with one attached hydrogen (secondary N) is 1. The van der Waals surface area contributed by atoms with E-state index in [1.165, 1.54) is 0 Å². The number of aliphatic hydroxyl groups excluding tert-OH is 1. The zero-order valence-corrected chi connectivity index (χ0v) is 12.3. The molecule has 4 heteroatoms. The van der Waals surface area contributed by atoms with Gasteiger partial charge in [-0.25, -0.2) is 0 Å². The van der Waals surface area contributed by atoms with Crippen molar-refractivity contribution in [1.82, 2.24) is 5.32 Å². The Bertz CT molecular complexity index is 508. The van der Waals surface area contributed by atoms with Gasteiger partial charge < -0.3 is 16.2 Å². The van der Waals surface area contributed by atoms with E-state index in [2.05, 4.69) is 5.32 Å². The standard InChI is InChI=1S/C17H24N2O2/c18-14-7-5-13(6-8-14)17(9-10-17)16(21)19-15-4-2-1-3-12(15)11-20/h5-8,12,15,20H,1-4,9-11,18H2,(H,19,21). The molecule has 0 heterocycles. The van der Waals surface area contributed by atoms with Gasteiger partial charge in [-0.2, -0.15) is 0 Å². The van der Waals surface area contributed by atoms with Gasteiger partial charge in [-0.15, -0.1) is 0 Å². The number of carbonyl (C=O) groups excluding carboxylic acids is 1. The SMILES string of the molecule is Nc1ccc(C2(C(=O)NC3CCCCC3CO)CC2)cc1. The fraction of sp³-hybridized carbons (Fsp3) is 0.588. The molecular weight excluding hydrogens is 264 g/mol. The van der Waals surface area contributed by atoms with Gasteiger partial charge in [0.15, 0.2) is 0 Å². The maximum absolute atomic E-state index is 12.7. The Labute approximate surface area is 125 Å². The Balaban J connectivity index is 1.71. The number of nitrogens with two attached hydrogens (primary N) is 1. The van der Waals surface area contributed by atoms with E-state index in [1.54, 1.807) is 0 Å². The number of anilines is 1. The number of benzene rings is 1. The first kappa shape index (κ1) is 14.4. The zero-order valence-electron chi connectivity index (χ0n) is 12.3. The van der Waals surface area contributed by atoms with Gasteiger partial charge in [-0.3, -0.25) is 4.79 Å². The molecule has 2 saturated carbocycles. The minimum atomic E-state index is -0.356. The molecule has 2 fully saturated rings. The predicted molar refractivity (Wildman–Crippen MR) is 82.7 cm³/mol. The first-order chi connectivity index (χ1) is 10.2. The second kappa shape index (κ2) is 5.68. The molecule has 0 radical (unpaired) electrons. The Morgan fingerprint density at radius 3 is 2.52 bits per heavy atom. The molecule has 2 atom stereocenters. The van der Waals surface area contributed by atoms with Gasteiger partial charge in [-0.05, 0) is 43.4 Å². The highest BCUT2D eigenvalue weighted by Crippen LogP contribution is 2.48. The van der Waals surface area contributed by atoms with E-state index in [9.17, 15) is 9.90 Å². The van der Waals surface area contributed by atoms with Crippen molar-refractivity contribution in [2.75, 3.05) is 12.3 Å². The summed E-state index contributed by atoms with van der Waals surface area (Å²) >= 11 is 0. The third-order valence-corrected chi connectivity index (χ3v) is 5.11. The molecule has 2 unspecified atom stereocenters. The molecule has 3 rings (SSSR count). The first-order valence-corrected chi connectivity index (χ1v) is 7.93. The molecule has 4 nitrogen and oxygen atoms in total. The second-order valence-electron chi connectivity index (χ2n) is 6.51. The average molecular weight is 288 g/mol. The summed E-state index contributed by atoms with van der Waals surface area (Å²) in [6, 6.07) is 7.78. The predicted octanol–water partition coefficient (Wildman–Crippen LogP) is 1.97. The molecule has 1 amide bonds. The van der Waals surface area contributed by atoms with Gasteiger partial charge in [0.2, 0.25) is 5.91 Å². The lowest BCUT2D eigenvalue weighted by Gasteiger charge is -2.32. The van der Waals surface area contributed by atoms with Crippen LogP contribution < -0.4 is 11.1 Å². The number of carbonyl (C=O) groups is 1. The lowest BCUT2D eigenvalue weighted by molar-refractivity contribution is -0.125. The minimum absolute atomic E-state index is 0.123. The highest BCUT2D eigenvalue weighted by atomic mass is 16.3. The molecule has 0 aliphatic heterocycles. The topological polar surface area (TPSA) is 75.4 Å². The van der Waals surface area contributed by atoms with E-state index in [0.29, 0.717) is 0 Å². The Morgan fingerprint density at radius 2 is 1.90 bits per heavy atom. The van der Waals surface area contributed by atoms with E-state index in [4.69, 9.17) is 5.73 Å². The lowest BCUT2D eigenvalue weighted by Crippen LogP contribution is -2.47. The summed E-state index contributed by atoms with van der Waals surface area (Å²) in [6.07, 6.45) is 6.08. The molecule has 0 aromatic heterocycles. The molecule has 1 aromatic carbocycles. The van der Waals surface area contributed by atoms with Crippen molar-refractivity contribution in [3.8, 4) is 0 Å². The van der Waals surface area contributed by atoms with E-state index in [0.717, 1.165) is 49.8 Å². The summed E-state index contributed by atoms with van der Waals surface area (Å²) < 4.78 is 0. The van der Waals surface area contributed by atoms with Crippen LogP contribution in [-0.4, -0.2) is 23.7 Å². The normalized spacial score (nSPS) is 27.1. The molecule has 21 heavy (non-hydrogen) atoms. The average Bonchev–Trinajstić information content (AvgIpc) is 3.30. The van der Waals surface area contributed by atoms with Crippen LogP contribution in [0, 0.1) is 5.92 Å². The van der Waals surface area contributed by atoms with Gasteiger partial charge in [0, 0.05) is 24.3 Å². The molecular formula is C17H24N2O2. The first-order valence-electron chi connectivity index (χ1n) is 7.93. The van der Waals surface area contributed by atoms with Crippen molar-refractivity contribution in [3.63, 3.8) is 0 Å². The summed E-state index contributed by atoms with van der Waals surface area (Å²) in [6.45, 7) is 0.166. The number of aliphatic hydroxyl groups is 1. The number of rotatable bonds is 4. The molecule has 2 aliphatic carbocycles. The fourth-order valence-corrected chi connectivity index (χ4v) is 3.50. The molecule has 1 aromatic rings. The summed E-state index contributed by atoms with van der Waals surface area (Å²) in [5, 5.41) is 12.7. The van der Waals surface area contributed by atoms with Crippen LogP contribution in [0.1, 0.15) is 44.1 Å². The zero-order chi connectivity index (χ0) is 14.9. The van der Waals surface area contributed by atoms with Gasteiger partial charge in [0.05, 0.1) is 5.41 Å². The van der Waals surface area contributed by atoms with Gasteiger partial charge in [0.1, 0.15) is 0 Å². The van der Waals surface area contributed by atoms with E-state index in [-0.39, 0.29) is 29.9 Å². The van der Waals surface area contributed by atoms with Gasteiger partial charge in [-0.1, -0.05) is 25.0 Å². The second-order valence-corrected chi connectivity index (χ2v) is 6.51. The van der Waals surface area contributed by atoms with Crippen molar-refractivity contribution in [2.45, 2.75) is 50.0 Å². The van der Waals surface area contributed by atoms with Crippen LogP contribution in [0.3, 0.4) is 0 Å². The maximum atomic E-state index is 12.7. The van der Waals surface area contributed by atoms with Crippen molar-refractivity contribution in [1.29, 1.82) is 0 Å². The molecule has 4 N–H and O–H groups in total. The van der Waals surface area contributed by atoms with Crippen LogP contribution in [0.25, 0.3) is 0 Å². The van der Waals surface area contributed by atoms with Crippen LogP contribution in [0.15, 0.2) is 24.3 Å². The Kier molecular flexibility index (Phi) is 3.89. The quantitative estimate of drug-likeness (QED) is 0.741. The van der Waals surface area contributed by atoms with Crippen LogP contribution in [-0.2, 0) is 10.2 Å². The van der Waals surface area contributed by atoms with Gasteiger partial charge in [0.25, 0.3) is 0 Å².